The zero-order chi connectivity index (χ0) is 13.0. The first-order chi connectivity index (χ1) is 7.97. The largest absolute Gasteiger partial charge is 0.477 e. The fraction of sp³-hybridized carbons (Fsp3) is 0.231. The monoisotopic (exact) mass is 230 g/mol. The summed E-state index contributed by atoms with van der Waals surface area (Å²) in [5.41, 5.74) is 2.03. The predicted octanol–water partition coefficient (Wildman–Crippen LogP) is 2.13. The van der Waals surface area contributed by atoms with E-state index in [1.54, 1.807) is 13.0 Å². The average Bonchev–Trinajstić information content (AvgIpc) is 2.29. The van der Waals surface area contributed by atoms with Crippen LogP contribution in [0.3, 0.4) is 0 Å². The third-order valence-electron chi connectivity index (χ3n) is 2.52. The van der Waals surface area contributed by atoms with Gasteiger partial charge in [-0.1, -0.05) is 12.1 Å². The molecule has 17 heavy (non-hydrogen) atoms. The number of carboxylic acids is 1. The lowest BCUT2D eigenvalue weighted by Gasteiger charge is -2.12. The summed E-state index contributed by atoms with van der Waals surface area (Å²) in [5.74, 6) is -1.19. The Morgan fingerprint density at radius 2 is 1.82 bits per heavy atom. The van der Waals surface area contributed by atoms with E-state index >= 15 is 0 Å². The molecule has 1 N–H and O–H groups in total. The van der Waals surface area contributed by atoms with Crippen LogP contribution >= 0.6 is 0 Å². The van der Waals surface area contributed by atoms with E-state index in [1.165, 1.54) is 0 Å². The zero-order valence-corrected chi connectivity index (χ0v) is 10.1. The van der Waals surface area contributed by atoms with E-state index in [9.17, 15) is 4.79 Å². The summed E-state index contributed by atoms with van der Waals surface area (Å²) in [6.07, 6.45) is 0. The number of nitriles is 1. The highest BCUT2D eigenvalue weighted by molar-refractivity contribution is 6.00. The minimum absolute atomic E-state index is 0.220. The maximum atomic E-state index is 10.8. The molecule has 0 aromatic heterocycles. The van der Waals surface area contributed by atoms with Gasteiger partial charge in [-0.25, -0.2) is 4.79 Å². The summed E-state index contributed by atoms with van der Waals surface area (Å²) < 4.78 is 0. The number of aliphatic carboxylic acids is 1. The van der Waals surface area contributed by atoms with E-state index in [0.717, 1.165) is 11.3 Å². The third kappa shape index (κ3) is 2.85. The summed E-state index contributed by atoms with van der Waals surface area (Å²) >= 11 is 0. The Balaban J connectivity index is 3.18. The molecule has 88 valence electrons. The first kappa shape index (κ1) is 12.8. The fourth-order valence-electron chi connectivity index (χ4n) is 1.45. The van der Waals surface area contributed by atoms with Crippen molar-refractivity contribution in [1.82, 2.24) is 0 Å². The molecule has 0 aliphatic heterocycles. The molecule has 0 saturated heterocycles. The first-order valence-electron chi connectivity index (χ1n) is 5.09. The molecule has 0 bridgehead atoms. The van der Waals surface area contributed by atoms with Gasteiger partial charge < -0.3 is 10.0 Å². The minimum Gasteiger partial charge on any atom is -0.477 e. The van der Waals surface area contributed by atoms with Gasteiger partial charge in [0.25, 0.3) is 0 Å². The van der Waals surface area contributed by atoms with Crippen LogP contribution in [-0.2, 0) is 4.79 Å². The zero-order valence-electron chi connectivity index (χ0n) is 10.1. The molecule has 0 fully saturated rings. The number of carboxylic acid groups (broad SMARTS) is 1. The second-order valence-corrected chi connectivity index (χ2v) is 3.86. The lowest BCUT2D eigenvalue weighted by molar-refractivity contribution is -0.132. The van der Waals surface area contributed by atoms with Crippen molar-refractivity contribution in [2.45, 2.75) is 6.92 Å². The molecule has 1 aromatic carbocycles. The van der Waals surface area contributed by atoms with Gasteiger partial charge in [-0.3, -0.25) is 0 Å². The molecule has 0 amide bonds. The first-order valence-corrected chi connectivity index (χ1v) is 5.09. The van der Waals surface area contributed by atoms with E-state index in [-0.39, 0.29) is 5.57 Å². The van der Waals surface area contributed by atoms with Crippen molar-refractivity contribution >= 4 is 17.2 Å². The quantitative estimate of drug-likeness (QED) is 0.638. The smallest absolute Gasteiger partial charge is 0.346 e. The van der Waals surface area contributed by atoms with Gasteiger partial charge >= 0.3 is 5.97 Å². The third-order valence-corrected chi connectivity index (χ3v) is 2.52. The van der Waals surface area contributed by atoms with E-state index in [2.05, 4.69) is 0 Å². The standard InChI is InChI=1S/C13H14N2O2/c1-9(12(8-14)13(16)17)10-4-6-11(7-5-10)15(2)3/h4-7H,1-3H3,(H,16,17). The molecule has 0 unspecified atom stereocenters. The lowest BCUT2D eigenvalue weighted by Crippen LogP contribution is -2.08. The van der Waals surface area contributed by atoms with Crippen LogP contribution in [0.5, 0.6) is 0 Å². The Bertz CT molecular complexity index is 493. The van der Waals surface area contributed by atoms with E-state index in [0.29, 0.717) is 5.57 Å². The minimum atomic E-state index is -1.19. The van der Waals surface area contributed by atoms with Crippen molar-refractivity contribution in [2.24, 2.45) is 0 Å². The molecule has 4 nitrogen and oxygen atoms in total. The molecule has 0 saturated carbocycles. The van der Waals surface area contributed by atoms with Crippen LogP contribution in [0, 0.1) is 11.3 Å². The number of hydrogen-bond donors (Lipinski definition) is 1. The normalized spacial score (nSPS) is 11.4. The van der Waals surface area contributed by atoms with Gasteiger partial charge in [0.2, 0.25) is 0 Å². The number of benzene rings is 1. The van der Waals surface area contributed by atoms with Crippen LogP contribution in [0.25, 0.3) is 5.57 Å². The van der Waals surface area contributed by atoms with Crippen LogP contribution in [0.1, 0.15) is 12.5 Å². The Morgan fingerprint density at radius 1 is 1.29 bits per heavy atom. The molecule has 1 rings (SSSR count). The van der Waals surface area contributed by atoms with E-state index < -0.39 is 5.97 Å². The summed E-state index contributed by atoms with van der Waals surface area (Å²) in [6, 6.07) is 9.10. The maximum Gasteiger partial charge on any atom is 0.346 e. The summed E-state index contributed by atoms with van der Waals surface area (Å²) in [4.78, 5) is 12.8. The predicted molar refractivity (Wildman–Crippen MR) is 66.6 cm³/mol. The number of anilines is 1. The highest BCUT2D eigenvalue weighted by atomic mass is 16.4. The Hall–Kier alpha value is -2.28. The molecule has 0 aliphatic carbocycles. The van der Waals surface area contributed by atoms with Crippen molar-refractivity contribution in [3.8, 4) is 6.07 Å². The molecule has 4 heteroatoms. The Labute approximate surface area is 100 Å². The number of allylic oxidation sites excluding steroid dienone is 1. The number of carbonyl (C=O) groups is 1. The van der Waals surface area contributed by atoms with Crippen molar-refractivity contribution in [2.75, 3.05) is 19.0 Å². The second kappa shape index (κ2) is 5.17. The van der Waals surface area contributed by atoms with Gasteiger partial charge in [0, 0.05) is 19.8 Å². The fourth-order valence-corrected chi connectivity index (χ4v) is 1.45. The summed E-state index contributed by atoms with van der Waals surface area (Å²) in [5, 5.41) is 17.6. The van der Waals surface area contributed by atoms with Crippen LogP contribution in [-0.4, -0.2) is 25.2 Å². The van der Waals surface area contributed by atoms with Gasteiger partial charge in [-0.15, -0.1) is 0 Å². The molecule has 0 aliphatic rings. The van der Waals surface area contributed by atoms with Crippen molar-refractivity contribution in [3.63, 3.8) is 0 Å². The molecule has 0 radical (unpaired) electrons. The number of hydrogen-bond acceptors (Lipinski definition) is 3. The molecule has 0 spiro atoms. The van der Waals surface area contributed by atoms with Gasteiger partial charge in [0.15, 0.2) is 0 Å². The second-order valence-electron chi connectivity index (χ2n) is 3.86. The van der Waals surface area contributed by atoms with Crippen LogP contribution in [0.15, 0.2) is 29.8 Å². The number of rotatable bonds is 3. The van der Waals surface area contributed by atoms with Crippen molar-refractivity contribution in [1.29, 1.82) is 5.26 Å². The Kier molecular flexibility index (Phi) is 3.89. The van der Waals surface area contributed by atoms with Gasteiger partial charge in [0.1, 0.15) is 11.6 Å². The van der Waals surface area contributed by atoms with Crippen molar-refractivity contribution < 1.29 is 9.90 Å². The molecule has 0 heterocycles. The van der Waals surface area contributed by atoms with Crippen LogP contribution < -0.4 is 4.90 Å². The maximum absolute atomic E-state index is 10.8. The van der Waals surface area contributed by atoms with Gasteiger partial charge in [-0.05, 0) is 30.2 Å². The summed E-state index contributed by atoms with van der Waals surface area (Å²) in [6.45, 7) is 1.64. The Morgan fingerprint density at radius 3 is 2.18 bits per heavy atom. The average molecular weight is 230 g/mol. The van der Waals surface area contributed by atoms with Gasteiger partial charge in [0.05, 0.1) is 0 Å². The molecular formula is C13H14N2O2. The van der Waals surface area contributed by atoms with Crippen molar-refractivity contribution in [3.05, 3.63) is 35.4 Å². The van der Waals surface area contributed by atoms with Gasteiger partial charge in [-0.2, -0.15) is 5.26 Å². The van der Waals surface area contributed by atoms with E-state index in [4.69, 9.17) is 10.4 Å². The van der Waals surface area contributed by atoms with Crippen LogP contribution in [0.2, 0.25) is 0 Å². The van der Waals surface area contributed by atoms with Crippen LogP contribution in [0.4, 0.5) is 5.69 Å². The highest BCUT2D eigenvalue weighted by Gasteiger charge is 2.11. The number of nitrogens with zero attached hydrogens (tertiary/aromatic N) is 2. The lowest BCUT2D eigenvalue weighted by atomic mass is 10.0. The van der Waals surface area contributed by atoms with E-state index in [1.807, 2.05) is 43.3 Å². The molecule has 0 atom stereocenters. The topological polar surface area (TPSA) is 64.3 Å². The highest BCUT2D eigenvalue weighted by Crippen LogP contribution is 2.21. The molecule has 1 aromatic rings. The summed E-state index contributed by atoms with van der Waals surface area (Å²) in [7, 11) is 3.85. The SMILES string of the molecule is CC(=C(C#N)C(=O)O)c1ccc(N(C)C)cc1. The molecular weight excluding hydrogens is 216 g/mol.